The van der Waals surface area contributed by atoms with Gasteiger partial charge < -0.3 is 13.7 Å². The van der Waals surface area contributed by atoms with Gasteiger partial charge in [-0.2, -0.15) is 0 Å². The number of carbonyl (C=O) groups excluding carboxylic acids is 1. The monoisotopic (exact) mass is 405 g/mol. The molecular weight excluding hydrogens is 394 g/mol. The summed E-state index contributed by atoms with van der Waals surface area (Å²) in [5.74, 6) is 0.727. The topological polar surface area (TPSA) is 65.5 Å². The molecule has 0 amide bonds. The van der Waals surface area contributed by atoms with E-state index in [-0.39, 0.29) is 11.8 Å². The van der Waals surface area contributed by atoms with Crippen molar-refractivity contribution < 1.29 is 18.5 Å². The molecule has 0 radical (unpaired) electrons. The summed E-state index contributed by atoms with van der Waals surface area (Å²) < 4.78 is 16.5. The highest BCUT2D eigenvalue weighted by molar-refractivity contribution is 9.10. The van der Waals surface area contributed by atoms with E-state index in [9.17, 15) is 4.79 Å². The van der Waals surface area contributed by atoms with Crippen molar-refractivity contribution in [2.75, 3.05) is 0 Å². The van der Waals surface area contributed by atoms with E-state index in [4.69, 9.17) is 13.7 Å². The summed E-state index contributed by atoms with van der Waals surface area (Å²) in [4.78, 5) is 11.9. The zero-order valence-electron chi connectivity index (χ0n) is 11.2. The number of aromatic nitrogens is 1. The molecular formula is C13H13Br2NO4. The van der Waals surface area contributed by atoms with Crippen molar-refractivity contribution in [3.63, 3.8) is 0 Å². The van der Waals surface area contributed by atoms with Crippen molar-refractivity contribution in [1.29, 1.82) is 0 Å². The number of nitrogens with zero attached hydrogens (tertiary/aromatic N) is 1. The molecule has 0 fully saturated rings. The number of furan rings is 1. The summed E-state index contributed by atoms with van der Waals surface area (Å²) in [5.41, 5.74) is 0.0144. The normalized spacial score (nSPS) is 11.7. The maximum absolute atomic E-state index is 11.9. The van der Waals surface area contributed by atoms with Crippen LogP contribution in [0.3, 0.4) is 0 Å². The van der Waals surface area contributed by atoms with Crippen LogP contribution < -0.4 is 4.74 Å². The Kier molecular flexibility index (Phi) is 4.39. The molecule has 2 heterocycles. The predicted octanol–water partition coefficient (Wildman–Crippen LogP) is 4.54. The lowest BCUT2D eigenvalue weighted by Gasteiger charge is -2.14. The molecule has 0 atom stereocenters. The molecule has 0 aliphatic rings. The quantitative estimate of drug-likeness (QED) is 0.552. The second-order valence-corrected chi connectivity index (χ2v) is 6.51. The van der Waals surface area contributed by atoms with Crippen LogP contribution in [-0.4, -0.2) is 11.1 Å². The summed E-state index contributed by atoms with van der Waals surface area (Å²) in [7, 11) is 0. The van der Waals surface area contributed by atoms with Gasteiger partial charge in [-0.25, -0.2) is 0 Å². The van der Waals surface area contributed by atoms with Crippen LogP contribution in [0.4, 0.5) is 0 Å². The number of hydrogen-bond donors (Lipinski definition) is 0. The zero-order valence-corrected chi connectivity index (χ0v) is 14.4. The van der Waals surface area contributed by atoms with Gasteiger partial charge in [-0.15, -0.1) is 0 Å². The summed E-state index contributed by atoms with van der Waals surface area (Å²) in [6.45, 7) is 5.31. The van der Waals surface area contributed by atoms with E-state index in [1.54, 1.807) is 32.9 Å². The highest BCUT2D eigenvalue weighted by Gasteiger charge is 2.28. The lowest BCUT2D eigenvalue weighted by Crippen LogP contribution is -2.26. The van der Waals surface area contributed by atoms with E-state index in [0.29, 0.717) is 27.1 Å². The Balaban J connectivity index is 2.33. The Morgan fingerprint density at radius 3 is 2.60 bits per heavy atom. The van der Waals surface area contributed by atoms with Crippen LogP contribution in [0.25, 0.3) is 11.5 Å². The minimum absolute atomic E-state index is 0.157. The molecule has 0 aliphatic carbocycles. The average molecular weight is 407 g/mol. The number of ether oxygens (including phenoxy) is 1. The van der Waals surface area contributed by atoms with Gasteiger partial charge in [-0.1, -0.05) is 15.9 Å². The van der Waals surface area contributed by atoms with Gasteiger partial charge in [-0.05, 0) is 54.0 Å². The van der Waals surface area contributed by atoms with Gasteiger partial charge in [0.15, 0.2) is 10.4 Å². The van der Waals surface area contributed by atoms with Crippen molar-refractivity contribution in [3.8, 4) is 17.4 Å². The third kappa shape index (κ3) is 3.15. The molecule has 0 aromatic carbocycles. The predicted molar refractivity (Wildman–Crippen MR) is 79.6 cm³/mol. The van der Waals surface area contributed by atoms with Crippen molar-refractivity contribution >= 4 is 37.8 Å². The van der Waals surface area contributed by atoms with Crippen LogP contribution in [0.1, 0.15) is 26.3 Å². The molecule has 0 spiro atoms. The number of halogens is 2. The van der Waals surface area contributed by atoms with E-state index in [2.05, 4.69) is 37.0 Å². The molecule has 2 rings (SSSR count). The maximum Gasteiger partial charge on any atom is 0.318 e. The first kappa shape index (κ1) is 15.3. The Morgan fingerprint density at radius 2 is 2.10 bits per heavy atom. The molecule has 0 N–H and O–H groups in total. The Morgan fingerprint density at radius 1 is 1.40 bits per heavy atom. The fraction of sp³-hybridized carbons (Fsp3) is 0.385. The van der Waals surface area contributed by atoms with E-state index in [1.807, 2.05) is 0 Å². The van der Waals surface area contributed by atoms with Gasteiger partial charge in [0.1, 0.15) is 0 Å². The molecule has 2 aromatic rings. The molecule has 0 saturated heterocycles. The van der Waals surface area contributed by atoms with E-state index < -0.39 is 5.41 Å². The first-order chi connectivity index (χ1) is 9.32. The van der Waals surface area contributed by atoms with Crippen molar-refractivity contribution in [2.24, 2.45) is 5.41 Å². The second kappa shape index (κ2) is 5.73. The van der Waals surface area contributed by atoms with E-state index >= 15 is 0 Å². The minimum Gasteiger partial charge on any atom is -0.446 e. The number of rotatable bonds is 3. The first-order valence-corrected chi connectivity index (χ1v) is 7.77. The van der Waals surface area contributed by atoms with Gasteiger partial charge in [0.05, 0.1) is 11.0 Å². The molecule has 20 heavy (non-hydrogen) atoms. The highest BCUT2D eigenvalue weighted by atomic mass is 79.9. The highest BCUT2D eigenvalue weighted by Crippen LogP contribution is 2.35. The molecule has 7 heteroatoms. The fourth-order valence-electron chi connectivity index (χ4n) is 1.36. The lowest BCUT2D eigenvalue weighted by molar-refractivity contribution is -0.143. The van der Waals surface area contributed by atoms with Crippen LogP contribution in [0.15, 0.2) is 25.7 Å². The third-order valence-corrected chi connectivity index (χ3v) is 3.47. The van der Waals surface area contributed by atoms with Crippen LogP contribution in [0.2, 0.25) is 0 Å². The Labute approximate surface area is 132 Å². The fourth-order valence-corrected chi connectivity index (χ4v) is 2.16. The maximum atomic E-state index is 11.9. The summed E-state index contributed by atoms with van der Waals surface area (Å²) in [6.07, 6.45) is 0. The number of hydrogen-bond acceptors (Lipinski definition) is 5. The van der Waals surface area contributed by atoms with Crippen LogP contribution in [0.5, 0.6) is 5.88 Å². The molecule has 0 saturated carbocycles. The second-order valence-electron chi connectivity index (χ2n) is 5.17. The smallest absolute Gasteiger partial charge is 0.318 e. The molecule has 5 nitrogen and oxygen atoms in total. The van der Waals surface area contributed by atoms with Crippen molar-refractivity contribution in [2.45, 2.75) is 26.1 Å². The Bertz CT molecular complexity index is 625. The van der Waals surface area contributed by atoms with Crippen molar-refractivity contribution in [1.82, 2.24) is 5.16 Å². The third-order valence-electron chi connectivity index (χ3n) is 2.48. The number of esters is 1. The van der Waals surface area contributed by atoms with Crippen LogP contribution >= 0.6 is 31.9 Å². The summed E-state index contributed by atoms with van der Waals surface area (Å²) in [5, 5.41) is 4.23. The molecule has 0 bridgehead atoms. The molecule has 2 aromatic heterocycles. The zero-order chi connectivity index (χ0) is 14.9. The van der Waals surface area contributed by atoms with E-state index in [0.717, 1.165) is 0 Å². The minimum atomic E-state index is -0.615. The molecule has 0 unspecified atom stereocenters. The average Bonchev–Trinajstić information content (AvgIpc) is 2.93. The Hall–Kier alpha value is -1.08. The largest absolute Gasteiger partial charge is 0.446 e. The van der Waals surface area contributed by atoms with E-state index in [1.165, 1.54) is 0 Å². The van der Waals surface area contributed by atoms with Gasteiger partial charge >= 0.3 is 5.97 Å². The van der Waals surface area contributed by atoms with Gasteiger partial charge in [0.25, 0.3) is 5.88 Å². The van der Waals surface area contributed by atoms with Crippen molar-refractivity contribution in [3.05, 3.63) is 22.4 Å². The number of carbonyl (C=O) groups is 1. The van der Waals surface area contributed by atoms with Crippen LogP contribution in [0, 0.1) is 5.41 Å². The van der Waals surface area contributed by atoms with Gasteiger partial charge in [-0.3, -0.25) is 4.79 Å². The number of alkyl halides is 1. The molecule has 0 aliphatic heterocycles. The molecule has 108 valence electrons. The summed E-state index contributed by atoms with van der Waals surface area (Å²) >= 11 is 6.56. The van der Waals surface area contributed by atoms with Crippen LogP contribution in [-0.2, 0) is 10.1 Å². The van der Waals surface area contributed by atoms with Gasteiger partial charge in [0, 0.05) is 5.33 Å². The summed E-state index contributed by atoms with van der Waals surface area (Å²) in [6, 6.07) is 3.49. The van der Waals surface area contributed by atoms with Gasteiger partial charge in [0.2, 0.25) is 5.76 Å². The lowest BCUT2D eigenvalue weighted by atomic mass is 9.97. The standard InChI is InChI=1S/C13H13Br2NO4/c1-13(2,3)12(17)19-11-7(6-14)10(20-16-11)8-4-5-9(15)18-8/h4-5H,6H2,1-3H3. The SMILES string of the molecule is CC(C)(C)C(=O)Oc1noc(-c2ccc(Br)o2)c1CBr. The first-order valence-electron chi connectivity index (χ1n) is 5.85.